The van der Waals surface area contributed by atoms with E-state index in [0.717, 1.165) is 0 Å². The van der Waals surface area contributed by atoms with Gasteiger partial charge in [-0.25, -0.2) is 21.6 Å². The number of hydrogen-bond acceptors (Lipinski definition) is 9. The van der Waals surface area contributed by atoms with Crippen LogP contribution in [0.25, 0.3) is 11.0 Å². The molecule has 2 unspecified atom stereocenters. The van der Waals surface area contributed by atoms with Gasteiger partial charge in [-0.15, -0.1) is 0 Å². The number of ether oxygens (including phenoxy) is 2. The number of nitrogens with zero attached hydrogens (tertiary/aromatic N) is 2. The minimum absolute atomic E-state index is 0.00963. The first-order valence-corrected chi connectivity index (χ1v) is 15.7. The molecule has 1 spiro atoms. The van der Waals surface area contributed by atoms with Crippen molar-refractivity contribution in [3.8, 4) is 5.75 Å². The lowest BCUT2D eigenvalue weighted by molar-refractivity contribution is -0.0312. The van der Waals surface area contributed by atoms with E-state index < -0.39 is 31.8 Å². The number of hydrogen-bond donors (Lipinski definition) is 4. The molecule has 3 aromatic rings. The van der Waals surface area contributed by atoms with E-state index in [9.17, 15) is 21.9 Å². The third-order valence-corrected chi connectivity index (χ3v) is 10.7. The number of aromatic amines is 1. The lowest BCUT2D eigenvalue weighted by Gasteiger charge is -2.37. The van der Waals surface area contributed by atoms with Crippen LogP contribution in [0.1, 0.15) is 19.3 Å². The number of sulfonamides is 2. The highest BCUT2D eigenvalue weighted by Gasteiger charge is 2.45. The standard InChI is InChI=1S/C25H33N5O7S2/c1-26-38(32,33)21-5-2-4-20(12-21)36-17-19(31)14-28-18-13-25(37-16-18)7-10-30(11-8-25)39(34,35)23-15-29-22-6-3-9-27-24(22)23/h2-6,9,12,15,18-19,26,28-29,31H,7-8,10-11,13-14,16-17H2,1H3. The molecule has 2 fully saturated rings. The molecule has 0 saturated carbocycles. The summed E-state index contributed by atoms with van der Waals surface area (Å²) in [6.07, 6.45) is 4.14. The number of nitrogens with one attached hydrogen (secondary N) is 3. The number of fused-ring (bicyclic) bond motifs is 1. The van der Waals surface area contributed by atoms with Crippen molar-refractivity contribution < 1.29 is 31.4 Å². The summed E-state index contributed by atoms with van der Waals surface area (Å²) in [6, 6.07) is 9.65. The fourth-order valence-electron chi connectivity index (χ4n) is 5.13. The predicted octanol–water partition coefficient (Wildman–Crippen LogP) is 0.813. The van der Waals surface area contributed by atoms with Crippen LogP contribution in [0.15, 0.2) is 58.6 Å². The van der Waals surface area contributed by atoms with Gasteiger partial charge in [0, 0.05) is 44.1 Å². The van der Waals surface area contributed by atoms with Gasteiger partial charge in [-0.3, -0.25) is 4.98 Å². The van der Waals surface area contributed by atoms with Crippen molar-refractivity contribution in [1.29, 1.82) is 0 Å². The van der Waals surface area contributed by atoms with E-state index in [-0.39, 0.29) is 29.0 Å². The molecule has 2 aliphatic heterocycles. The average Bonchev–Trinajstić information content (AvgIpc) is 3.56. The molecule has 0 radical (unpaired) electrons. The first-order chi connectivity index (χ1) is 18.6. The van der Waals surface area contributed by atoms with Crippen LogP contribution in [0, 0.1) is 0 Å². The zero-order valence-electron chi connectivity index (χ0n) is 21.5. The van der Waals surface area contributed by atoms with Crippen LogP contribution in [-0.2, 0) is 24.8 Å². The van der Waals surface area contributed by atoms with Crippen molar-refractivity contribution in [3.63, 3.8) is 0 Å². The van der Waals surface area contributed by atoms with Crippen molar-refractivity contribution in [2.45, 2.75) is 46.8 Å². The molecule has 14 heteroatoms. The molecule has 4 heterocycles. The fourth-order valence-corrected chi connectivity index (χ4v) is 7.45. The number of piperidine rings is 1. The minimum atomic E-state index is -3.68. The molecule has 12 nitrogen and oxygen atoms in total. The Morgan fingerprint density at radius 1 is 1.23 bits per heavy atom. The van der Waals surface area contributed by atoms with Gasteiger partial charge in [0.25, 0.3) is 0 Å². The van der Waals surface area contributed by atoms with Crippen molar-refractivity contribution >= 4 is 31.1 Å². The molecule has 212 valence electrons. The number of aliphatic hydroxyl groups is 1. The number of rotatable bonds is 10. The minimum Gasteiger partial charge on any atom is -0.491 e. The maximum absolute atomic E-state index is 13.3. The van der Waals surface area contributed by atoms with Crippen molar-refractivity contribution in [1.82, 2.24) is 24.3 Å². The Hall–Kier alpha value is -2.59. The summed E-state index contributed by atoms with van der Waals surface area (Å²) in [6.45, 7) is 1.44. The molecular formula is C25H33N5O7S2. The topological polar surface area (TPSA) is 163 Å². The van der Waals surface area contributed by atoms with E-state index in [0.29, 0.717) is 55.7 Å². The Labute approximate surface area is 227 Å². The number of benzene rings is 1. The summed E-state index contributed by atoms with van der Waals surface area (Å²) in [7, 11) is -5.93. The highest BCUT2D eigenvalue weighted by molar-refractivity contribution is 7.89. The van der Waals surface area contributed by atoms with Gasteiger partial charge in [0.1, 0.15) is 28.9 Å². The summed E-state index contributed by atoms with van der Waals surface area (Å²) < 4.78 is 66.0. The Kier molecular flexibility index (Phi) is 7.97. The lowest BCUT2D eigenvalue weighted by atomic mass is 9.88. The smallest absolute Gasteiger partial charge is 0.246 e. The summed E-state index contributed by atoms with van der Waals surface area (Å²) in [5.41, 5.74) is 0.723. The van der Waals surface area contributed by atoms with Gasteiger partial charge < -0.3 is 24.9 Å². The van der Waals surface area contributed by atoms with Crippen LogP contribution in [-0.4, -0.2) is 93.9 Å². The molecule has 2 aromatic heterocycles. The van der Waals surface area contributed by atoms with Crippen LogP contribution < -0.4 is 14.8 Å². The average molecular weight is 580 g/mol. The highest BCUT2D eigenvalue weighted by Crippen LogP contribution is 2.38. The summed E-state index contributed by atoms with van der Waals surface area (Å²) in [5, 5.41) is 13.7. The Bertz CT molecular complexity index is 1520. The highest BCUT2D eigenvalue weighted by atomic mass is 32.2. The Morgan fingerprint density at radius 2 is 2.03 bits per heavy atom. The third-order valence-electron chi connectivity index (χ3n) is 7.33. The van der Waals surface area contributed by atoms with Gasteiger partial charge in [0.15, 0.2) is 0 Å². The van der Waals surface area contributed by atoms with E-state index in [4.69, 9.17) is 9.47 Å². The molecule has 2 atom stereocenters. The maximum Gasteiger partial charge on any atom is 0.246 e. The van der Waals surface area contributed by atoms with Crippen molar-refractivity contribution in [2.75, 3.05) is 39.9 Å². The second kappa shape index (κ2) is 11.1. The van der Waals surface area contributed by atoms with Crippen LogP contribution in [0.2, 0.25) is 0 Å². The largest absolute Gasteiger partial charge is 0.491 e. The van der Waals surface area contributed by atoms with E-state index in [1.165, 1.54) is 29.7 Å². The zero-order chi connectivity index (χ0) is 27.7. The van der Waals surface area contributed by atoms with Gasteiger partial charge in [-0.1, -0.05) is 6.07 Å². The number of H-pyrrole nitrogens is 1. The molecule has 1 aromatic carbocycles. The SMILES string of the molecule is CNS(=O)(=O)c1cccc(OCC(O)CNC2COC3(CCN(S(=O)(=O)c4c[nH]c5cccnc45)CC3)C2)c1. The van der Waals surface area contributed by atoms with Crippen LogP contribution >= 0.6 is 0 Å². The first-order valence-electron chi connectivity index (χ1n) is 12.8. The van der Waals surface area contributed by atoms with Crippen LogP contribution in [0.3, 0.4) is 0 Å². The van der Waals surface area contributed by atoms with Gasteiger partial charge in [0.2, 0.25) is 20.0 Å². The molecule has 2 aliphatic rings. The van der Waals surface area contributed by atoms with Gasteiger partial charge >= 0.3 is 0 Å². The zero-order valence-corrected chi connectivity index (χ0v) is 23.2. The van der Waals surface area contributed by atoms with E-state index >= 15 is 0 Å². The Balaban J connectivity index is 1.09. The fraction of sp³-hybridized carbons (Fsp3) is 0.480. The van der Waals surface area contributed by atoms with Gasteiger partial charge in [-0.2, -0.15) is 4.31 Å². The second-order valence-corrected chi connectivity index (χ2v) is 13.7. The summed E-state index contributed by atoms with van der Waals surface area (Å²) in [5.74, 6) is 0.346. The number of aromatic nitrogens is 2. The van der Waals surface area contributed by atoms with Crippen molar-refractivity contribution in [3.05, 3.63) is 48.8 Å². The molecule has 2 saturated heterocycles. The Morgan fingerprint density at radius 3 is 2.79 bits per heavy atom. The quantitative estimate of drug-likeness (QED) is 0.272. The summed E-state index contributed by atoms with van der Waals surface area (Å²) in [4.78, 5) is 7.49. The molecular weight excluding hydrogens is 546 g/mol. The van der Waals surface area contributed by atoms with Gasteiger partial charge in [0.05, 0.1) is 22.6 Å². The molecule has 4 N–H and O–H groups in total. The number of pyridine rings is 1. The third kappa shape index (κ3) is 5.96. The molecule has 5 rings (SSSR count). The molecule has 0 aliphatic carbocycles. The predicted molar refractivity (Wildman–Crippen MR) is 143 cm³/mol. The van der Waals surface area contributed by atoms with Crippen LogP contribution in [0.5, 0.6) is 5.75 Å². The van der Waals surface area contributed by atoms with E-state index in [1.807, 2.05) is 0 Å². The lowest BCUT2D eigenvalue weighted by Crippen LogP contribution is -2.47. The molecule has 0 amide bonds. The normalized spacial score (nSPS) is 20.9. The van der Waals surface area contributed by atoms with E-state index in [2.05, 4.69) is 20.0 Å². The van der Waals surface area contributed by atoms with E-state index in [1.54, 1.807) is 30.5 Å². The second-order valence-electron chi connectivity index (χ2n) is 9.91. The molecule has 0 bridgehead atoms. The van der Waals surface area contributed by atoms with Gasteiger partial charge in [-0.05, 0) is 50.6 Å². The summed E-state index contributed by atoms with van der Waals surface area (Å²) >= 11 is 0. The monoisotopic (exact) mass is 579 g/mol. The molecule has 39 heavy (non-hydrogen) atoms. The first kappa shape index (κ1) is 28.0. The number of aliphatic hydroxyl groups excluding tert-OH is 1. The van der Waals surface area contributed by atoms with Crippen molar-refractivity contribution in [2.24, 2.45) is 0 Å². The maximum atomic E-state index is 13.3. The van der Waals surface area contributed by atoms with Crippen LogP contribution in [0.4, 0.5) is 0 Å².